The molecule has 2 aliphatic heterocycles. The average Bonchev–Trinajstić information content (AvgIpc) is 3.27. The third kappa shape index (κ3) is 5.49. The van der Waals surface area contributed by atoms with Gasteiger partial charge in [-0.3, -0.25) is 14.7 Å². The van der Waals surface area contributed by atoms with E-state index in [0.717, 1.165) is 56.3 Å². The van der Waals surface area contributed by atoms with Gasteiger partial charge in [0.2, 0.25) is 0 Å². The predicted octanol–water partition coefficient (Wildman–Crippen LogP) is 3.59. The molecule has 3 heterocycles. The number of amides is 1. The molecular weight excluding hydrogens is 386 g/mol. The van der Waals surface area contributed by atoms with E-state index in [1.165, 1.54) is 31.4 Å². The molecule has 2 fully saturated rings. The van der Waals surface area contributed by atoms with Gasteiger partial charge in [-0.15, -0.1) is 0 Å². The first kappa shape index (κ1) is 21.9. The molecule has 1 atom stereocenters. The van der Waals surface area contributed by atoms with Crippen LogP contribution in [0.2, 0.25) is 0 Å². The van der Waals surface area contributed by atoms with Crippen molar-refractivity contribution < 1.29 is 4.79 Å². The molecule has 6 heteroatoms. The number of carbonyl (C=O) groups is 1. The number of hydrogen-bond donors (Lipinski definition) is 1. The fourth-order valence-electron chi connectivity index (χ4n) is 4.90. The summed E-state index contributed by atoms with van der Waals surface area (Å²) in [5, 5.41) is 3.37. The Labute approximate surface area is 186 Å². The molecule has 2 aliphatic rings. The molecule has 1 amide bonds. The lowest BCUT2D eigenvalue weighted by Crippen LogP contribution is -2.37. The summed E-state index contributed by atoms with van der Waals surface area (Å²) >= 11 is 0. The first-order chi connectivity index (χ1) is 15.1. The Kier molecular flexibility index (Phi) is 7.30. The van der Waals surface area contributed by atoms with E-state index < -0.39 is 0 Å². The summed E-state index contributed by atoms with van der Waals surface area (Å²) in [5.41, 5.74) is 3.59. The Morgan fingerprint density at radius 1 is 1.13 bits per heavy atom. The molecule has 1 aromatic carbocycles. The lowest BCUT2D eigenvalue weighted by molar-refractivity contribution is 0.0756. The fourth-order valence-corrected chi connectivity index (χ4v) is 4.90. The van der Waals surface area contributed by atoms with Crippen LogP contribution in [-0.4, -0.2) is 64.9 Å². The van der Waals surface area contributed by atoms with E-state index in [1.807, 2.05) is 7.05 Å². The molecule has 1 aromatic heterocycles. The van der Waals surface area contributed by atoms with Crippen molar-refractivity contribution in [3.8, 4) is 11.3 Å². The molecule has 0 bridgehead atoms. The first-order valence-corrected chi connectivity index (χ1v) is 11.8. The van der Waals surface area contributed by atoms with Gasteiger partial charge in [-0.05, 0) is 63.2 Å². The van der Waals surface area contributed by atoms with E-state index in [-0.39, 0.29) is 5.91 Å². The van der Waals surface area contributed by atoms with Crippen LogP contribution in [0.15, 0.2) is 36.7 Å². The summed E-state index contributed by atoms with van der Waals surface area (Å²) < 4.78 is 0. The van der Waals surface area contributed by atoms with Gasteiger partial charge in [0.25, 0.3) is 5.91 Å². The van der Waals surface area contributed by atoms with Crippen LogP contribution in [0.25, 0.3) is 11.3 Å². The minimum atomic E-state index is -0.0518. The Morgan fingerprint density at radius 3 is 2.58 bits per heavy atom. The summed E-state index contributed by atoms with van der Waals surface area (Å²) in [7, 11) is 1.86. The number of piperidine rings is 1. The largest absolute Gasteiger partial charge is 0.340 e. The Hall–Kier alpha value is -2.31. The van der Waals surface area contributed by atoms with Crippen LogP contribution >= 0.6 is 0 Å². The maximum Gasteiger partial charge on any atom is 0.273 e. The van der Waals surface area contributed by atoms with Crippen molar-refractivity contribution in [3.63, 3.8) is 0 Å². The van der Waals surface area contributed by atoms with E-state index in [0.29, 0.717) is 11.6 Å². The summed E-state index contributed by atoms with van der Waals surface area (Å²) in [6.07, 6.45) is 9.43. The number of nitrogens with zero attached hydrogens (tertiary/aromatic N) is 4. The molecule has 31 heavy (non-hydrogen) atoms. The lowest BCUT2D eigenvalue weighted by Gasteiger charge is -2.27. The van der Waals surface area contributed by atoms with E-state index >= 15 is 0 Å². The van der Waals surface area contributed by atoms with Gasteiger partial charge in [-0.2, -0.15) is 0 Å². The average molecular weight is 422 g/mol. The van der Waals surface area contributed by atoms with Crippen molar-refractivity contribution in [2.24, 2.45) is 5.92 Å². The quantitative estimate of drug-likeness (QED) is 0.740. The Balaban J connectivity index is 1.35. The molecule has 6 nitrogen and oxygen atoms in total. The molecule has 1 unspecified atom stereocenters. The zero-order valence-corrected chi connectivity index (χ0v) is 18.9. The zero-order chi connectivity index (χ0) is 21.6. The monoisotopic (exact) mass is 421 g/mol. The van der Waals surface area contributed by atoms with Gasteiger partial charge >= 0.3 is 0 Å². The SMILES string of the molecule is CCC1CCCN1Cc1ccc(-c2cnc(C(=O)N(C)CC3CCNCC3)cn2)cc1. The van der Waals surface area contributed by atoms with Gasteiger partial charge in [0.05, 0.1) is 18.1 Å². The van der Waals surface area contributed by atoms with Crippen molar-refractivity contribution in [2.45, 2.75) is 51.6 Å². The molecule has 1 N–H and O–H groups in total. The maximum atomic E-state index is 12.7. The number of rotatable bonds is 7. The van der Waals surface area contributed by atoms with Crippen LogP contribution in [0.1, 0.15) is 55.1 Å². The summed E-state index contributed by atoms with van der Waals surface area (Å²) in [6.45, 7) is 7.36. The zero-order valence-electron chi connectivity index (χ0n) is 18.9. The summed E-state index contributed by atoms with van der Waals surface area (Å²) in [4.78, 5) is 26.1. The summed E-state index contributed by atoms with van der Waals surface area (Å²) in [6, 6.07) is 9.33. The van der Waals surface area contributed by atoms with Gasteiger partial charge in [0, 0.05) is 31.7 Å². The number of hydrogen-bond acceptors (Lipinski definition) is 5. The third-order valence-electron chi connectivity index (χ3n) is 6.81. The van der Waals surface area contributed by atoms with Crippen molar-refractivity contribution in [2.75, 3.05) is 33.2 Å². The minimum Gasteiger partial charge on any atom is -0.340 e. The number of aromatic nitrogens is 2. The highest BCUT2D eigenvalue weighted by molar-refractivity contribution is 5.92. The second-order valence-corrected chi connectivity index (χ2v) is 9.04. The van der Waals surface area contributed by atoms with Crippen LogP contribution in [-0.2, 0) is 6.54 Å². The number of benzene rings is 1. The van der Waals surface area contributed by atoms with E-state index in [2.05, 4.69) is 51.4 Å². The van der Waals surface area contributed by atoms with Crippen LogP contribution in [0.5, 0.6) is 0 Å². The standard InChI is InChI=1S/C25H35N5O/c1-3-22-5-4-14-30(22)18-19-6-8-21(9-7-19)23-15-28-24(16-27-23)25(31)29(2)17-20-10-12-26-13-11-20/h6-9,15-16,20,22,26H,3-5,10-14,17-18H2,1-2H3. The normalized spacial score (nSPS) is 20.1. The smallest absolute Gasteiger partial charge is 0.273 e. The highest BCUT2D eigenvalue weighted by atomic mass is 16.2. The number of carbonyl (C=O) groups excluding carboxylic acids is 1. The maximum absolute atomic E-state index is 12.7. The molecule has 4 rings (SSSR count). The number of nitrogens with one attached hydrogen (secondary N) is 1. The highest BCUT2D eigenvalue weighted by Crippen LogP contribution is 2.24. The van der Waals surface area contributed by atoms with Crippen molar-refractivity contribution >= 4 is 5.91 Å². The van der Waals surface area contributed by atoms with Crippen molar-refractivity contribution in [1.82, 2.24) is 25.1 Å². The fraction of sp³-hybridized carbons (Fsp3) is 0.560. The molecule has 0 radical (unpaired) electrons. The van der Waals surface area contributed by atoms with Crippen LogP contribution in [0, 0.1) is 5.92 Å². The molecule has 0 spiro atoms. The predicted molar refractivity (Wildman–Crippen MR) is 124 cm³/mol. The van der Waals surface area contributed by atoms with E-state index in [4.69, 9.17) is 0 Å². The molecule has 2 aromatic rings. The topological polar surface area (TPSA) is 61.4 Å². The first-order valence-electron chi connectivity index (χ1n) is 11.8. The highest BCUT2D eigenvalue weighted by Gasteiger charge is 2.23. The summed E-state index contributed by atoms with van der Waals surface area (Å²) in [5.74, 6) is 0.512. The van der Waals surface area contributed by atoms with Gasteiger partial charge in [-0.1, -0.05) is 31.2 Å². The van der Waals surface area contributed by atoms with Gasteiger partial charge in [0.1, 0.15) is 5.69 Å². The second kappa shape index (κ2) is 10.3. The Bertz CT molecular complexity index is 845. The molecule has 2 saturated heterocycles. The van der Waals surface area contributed by atoms with Crippen molar-refractivity contribution in [1.29, 1.82) is 0 Å². The number of likely N-dealkylation sites (tertiary alicyclic amines) is 1. The van der Waals surface area contributed by atoms with Crippen LogP contribution in [0.4, 0.5) is 0 Å². The lowest BCUT2D eigenvalue weighted by atomic mass is 9.97. The van der Waals surface area contributed by atoms with Gasteiger partial charge in [0.15, 0.2) is 0 Å². The Morgan fingerprint density at radius 2 is 1.90 bits per heavy atom. The molecular formula is C25H35N5O. The van der Waals surface area contributed by atoms with Gasteiger partial charge < -0.3 is 10.2 Å². The minimum absolute atomic E-state index is 0.0518. The third-order valence-corrected chi connectivity index (χ3v) is 6.81. The van der Waals surface area contributed by atoms with E-state index in [1.54, 1.807) is 17.3 Å². The molecule has 0 aliphatic carbocycles. The molecule has 166 valence electrons. The van der Waals surface area contributed by atoms with E-state index in [9.17, 15) is 4.79 Å². The van der Waals surface area contributed by atoms with Crippen LogP contribution < -0.4 is 5.32 Å². The van der Waals surface area contributed by atoms with Crippen molar-refractivity contribution in [3.05, 3.63) is 47.9 Å². The van der Waals surface area contributed by atoms with Crippen LogP contribution in [0.3, 0.4) is 0 Å². The molecule has 0 saturated carbocycles. The second-order valence-electron chi connectivity index (χ2n) is 9.04. The van der Waals surface area contributed by atoms with Gasteiger partial charge in [-0.25, -0.2) is 4.98 Å².